The van der Waals surface area contributed by atoms with E-state index in [1.165, 1.54) is 10.9 Å². The number of nitrogens with one attached hydrogen (secondary N) is 1. The van der Waals surface area contributed by atoms with Gasteiger partial charge in [0.1, 0.15) is 12.3 Å². The van der Waals surface area contributed by atoms with Crippen LogP contribution < -0.4 is 11.3 Å². The molecule has 0 amide bonds. The second-order valence-electron chi connectivity index (χ2n) is 4.51. The van der Waals surface area contributed by atoms with Crippen LogP contribution in [-0.2, 0) is 4.74 Å². The Morgan fingerprint density at radius 3 is 3.05 bits per heavy atom. The number of nitrogens with zero attached hydrogens (tertiary/aromatic N) is 3. The van der Waals surface area contributed by atoms with E-state index in [4.69, 9.17) is 15.6 Å². The van der Waals surface area contributed by atoms with E-state index in [9.17, 15) is 14.3 Å². The molecule has 2 aromatic rings. The monoisotopic (exact) mass is 285 g/mol. The number of aromatic nitrogens is 4. The smallest absolute Gasteiger partial charge is 0.280 e. The molecular weight excluding hydrogens is 273 g/mol. The molecule has 3 heterocycles. The van der Waals surface area contributed by atoms with Crippen molar-refractivity contribution in [2.75, 3.05) is 5.73 Å². The Morgan fingerprint density at radius 1 is 1.65 bits per heavy atom. The average molecular weight is 285 g/mol. The van der Waals surface area contributed by atoms with Gasteiger partial charge in [-0.1, -0.05) is 0 Å². The van der Waals surface area contributed by atoms with Crippen molar-refractivity contribution in [3.05, 3.63) is 16.7 Å². The Balaban J connectivity index is 2.02. The largest absolute Gasteiger partial charge is 0.390 e. The molecule has 108 valence electrons. The van der Waals surface area contributed by atoms with Gasteiger partial charge >= 0.3 is 0 Å². The normalized spacial score (nSPS) is 28.1. The highest BCUT2D eigenvalue weighted by Gasteiger charge is 2.40. The second-order valence-corrected chi connectivity index (χ2v) is 4.51. The van der Waals surface area contributed by atoms with E-state index in [2.05, 4.69) is 15.0 Å². The summed E-state index contributed by atoms with van der Waals surface area (Å²) < 4.78 is 19.5. The minimum absolute atomic E-state index is 0.0332. The second kappa shape index (κ2) is 4.51. The van der Waals surface area contributed by atoms with Crippen LogP contribution in [0.4, 0.5) is 10.3 Å². The number of alkyl halides is 1. The van der Waals surface area contributed by atoms with Gasteiger partial charge < -0.3 is 20.7 Å². The molecule has 1 saturated heterocycles. The molecule has 20 heavy (non-hydrogen) atoms. The predicted molar refractivity (Wildman–Crippen MR) is 64.2 cm³/mol. The maximum Gasteiger partial charge on any atom is 0.280 e. The maximum absolute atomic E-state index is 12.9. The minimum Gasteiger partial charge on any atom is -0.390 e. The highest BCUT2D eigenvalue weighted by Crippen LogP contribution is 2.32. The van der Waals surface area contributed by atoms with Gasteiger partial charge in [-0.25, -0.2) is 9.37 Å². The number of nitrogens with two attached hydrogens (primary N) is 1. The Labute approximate surface area is 110 Å². The van der Waals surface area contributed by atoms with Crippen LogP contribution in [0.1, 0.15) is 12.6 Å². The van der Waals surface area contributed by atoms with Gasteiger partial charge in [0.25, 0.3) is 5.56 Å². The van der Waals surface area contributed by atoms with Crippen LogP contribution in [0.25, 0.3) is 11.2 Å². The summed E-state index contributed by atoms with van der Waals surface area (Å²) >= 11 is 0. The molecule has 1 aliphatic rings. The number of H-pyrrole nitrogens is 1. The number of hydrogen-bond acceptors (Lipinski definition) is 7. The number of ether oxygens (including phenoxy) is 1. The van der Waals surface area contributed by atoms with Crippen LogP contribution in [0, 0.1) is 0 Å². The van der Waals surface area contributed by atoms with Crippen LogP contribution in [0.3, 0.4) is 0 Å². The van der Waals surface area contributed by atoms with Crippen LogP contribution in [0.5, 0.6) is 0 Å². The highest BCUT2D eigenvalue weighted by atomic mass is 19.1. The predicted octanol–water partition coefficient (Wildman–Crippen LogP) is -1.36. The summed E-state index contributed by atoms with van der Waals surface area (Å²) in [5.74, 6) is -0.0927. The zero-order valence-corrected chi connectivity index (χ0v) is 10.1. The average Bonchev–Trinajstić information content (AvgIpc) is 2.92. The molecule has 1 aliphatic heterocycles. The highest BCUT2D eigenvalue weighted by molar-refractivity contribution is 5.70. The number of imidazole rings is 1. The van der Waals surface area contributed by atoms with Crippen LogP contribution in [0.15, 0.2) is 11.1 Å². The first-order chi connectivity index (χ1) is 9.47. The van der Waals surface area contributed by atoms with Gasteiger partial charge in [0.15, 0.2) is 11.2 Å². The van der Waals surface area contributed by atoms with E-state index in [0.29, 0.717) is 0 Å². The number of nitrogen functional groups attached to an aromatic ring is 1. The third kappa shape index (κ3) is 1.94. The number of aromatic amines is 1. The first-order valence-electron chi connectivity index (χ1n) is 5.85. The molecule has 0 aromatic carbocycles. The fraction of sp³-hybridized carbons (Fsp3) is 0.500. The van der Waals surface area contributed by atoms with E-state index in [1.807, 2.05) is 0 Å². The summed E-state index contributed by atoms with van der Waals surface area (Å²) in [5, 5.41) is 18.5. The lowest BCUT2D eigenvalue weighted by Gasteiger charge is -2.15. The fourth-order valence-electron chi connectivity index (χ4n) is 2.25. The summed E-state index contributed by atoms with van der Waals surface area (Å²) in [6.45, 7) is 0. The Morgan fingerprint density at radius 2 is 2.40 bits per heavy atom. The molecule has 0 bridgehead atoms. The number of anilines is 1. The molecule has 9 nitrogen and oxygen atoms in total. The molecule has 2 aromatic heterocycles. The molecule has 0 unspecified atom stereocenters. The van der Waals surface area contributed by atoms with Gasteiger partial charge in [-0.3, -0.25) is 14.3 Å². The minimum atomic E-state index is -2.30. The van der Waals surface area contributed by atoms with Crippen molar-refractivity contribution in [2.45, 2.75) is 31.2 Å². The molecule has 1 fully saturated rings. The molecule has 0 saturated carbocycles. The van der Waals surface area contributed by atoms with Crippen LogP contribution >= 0.6 is 0 Å². The number of hydrogen-bond donors (Lipinski definition) is 4. The number of aliphatic hydroxyl groups excluding tert-OH is 2. The van der Waals surface area contributed by atoms with E-state index < -0.39 is 30.4 Å². The van der Waals surface area contributed by atoms with E-state index in [0.717, 1.165) is 0 Å². The number of fused-ring (bicyclic) bond motifs is 1. The van der Waals surface area contributed by atoms with Crippen LogP contribution in [-0.4, -0.2) is 48.3 Å². The van der Waals surface area contributed by atoms with Crippen LogP contribution in [0.2, 0.25) is 0 Å². The van der Waals surface area contributed by atoms with Gasteiger partial charge in [0.05, 0.1) is 12.4 Å². The Bertz CT molecular complexity index is 699. The van der Waals surface area contributed by atoms with Crippen molar-refractivity contribution in [1.29, 1.82) is 0 Å². The summed E-state index contributed by atoms with van der Waals surface area (Å²) in [4.78, 5) is 21.7. The SMILES string of the molecule is Nc1nc2c(ncn2[C@H]2C[C@H](O)[C@@H]([C@H](O)F)O2)c(=O)[nH]1. The molecular formula is C10H12FN5O4. The molecule has 0 spiro atoms. The van der Waals surface area contributed by atoms with Crippen molar-refractivity contribution in [1.82, 2.24) is 19.5 Å². The van der Waals surface area contributed by atoms with Crippen molar-refractivity contribution < 1.29 is 19.3 Å². The number of aliphatic hydroxyl groups is 2. The first-order valence-corrected chi connectivity index (χ1v) is 5.85. The van der Waals surface area contributed by atoms with E-state index >= 15 is 0 Å². The van der Waals surface area contributed by atoms with Crippen molar-refractivity contribution in [3.63, 3.8) is 0 Å². The molecule has 3 rings (SSSR count). The van der Waals surface area contributed by atoms with E-state index in [-0.39, 0.29) is 23.5 Å². The molecule has 0 aliphatic carbocycles. The zero-order chi connectivity index (χ0) is 14.4. The number of rotatable bonds is 2. The molecule has 4 atom stereocenters. The zero-order valence-electron chi connectivity index (χ0n) is 10.1. The van der Waals surface area contributed by atoms with Crippen molar-refractivity contribution in [2.24, 2.45) is 0 Å². The lowest BCUT2D eigenvalue weighted by Crippen LogP contribution is -2.31. The molecule has 10 heteroatoms. The third-order valence-corrected chi connectivity index (χ3v) is 3.17. The van der Waals surface area contributed by atoms with Crippen molar-refractivity contribution >= 4 is 17.1 Å². The van der Waals surface area contributed by atoms with Gasteiger partial charge in [-0.2, -0.15) is 4.98 Å². The summed E-state index contributed by atoms with van der Waals surface area (Å²) in [6.07, 6.45) is -4.29. The molecule has 5 N–H and O–H groups in total. The number of halogens is 1. The lowest BCUT2D eigenvalue weighted by molar-refractivity contribution is -0.129. The lowest BCUT2D eigenvalue weighted by atomic mass is 10.2. The summed E-state index contributed by atoms with van der Waals surface area (Å²) in [5.41, 5.74) is 5.17. The van der Waals surface area contributed by atoms with Gasteiger partial charge in [0, 0.05) is 6.42 Å². The topological polar surface area (TPSA) is 139 Å². The summed E-state index contributed by atoms with van der Waals surface area (Å²) in [7, 11) is 0. The van der Waals surface area contributed by atoms with Gasteiger partial charge in [-0.05, 0) is 0 Å². The Hall–Kier alpha value is -2.04. The maximum atomic E-state index is 12.9. The third-order valence-electron chi connectivity index (χ3n) is 3.17. The Kier molecular flexibility index (Phi) is 2.92. The first kappa shape index (κ1) is 13.0. The fourth-order valence-corrected chi connectivity index (χ4v) is 2.25. The van der Waals surface area contributed by atoms with Crippen molar-refractivity contribution in [3.8, 4) is 0 Å². The van der Waals surface area contributed by atoms with Gasteiger partial charge in [0.2, 0.25) is 12.3 Å². The van der Waals surface area contributed by atoms with Gasteiger partial charge in [-0.15, -0.1) is 0 Å². The quantitative estimate of drug-likeness (QED) is 0.534. The molecule has 0 radical (unpaired) electrons. The van der Waals surface area contributed by atoms with E-state index in [1.54, 1.807) is 0 Å². The summed E-state index contributed by atoms with van der Waals surface area (Å²) in [6, 6.07) is 0. The standard InChI is InChI=1S/C10H12FN5O4/c11-7(18)6-3(17)1-4(20-6)16-2-13-5-8(16)14-10(12)15-9(5)19/h2-4,6-7,17-18H,1H2,(H3,12,14,15,19)/t3-,4+,6-,7-/m0/s1.